The van der Waals surface area contributed by atoms with Crippen LogP contribution in [0, 0.1) is 11.8 Å². The second-order valence-electron chi connectivity index (χ2n) is 4.33. The van der Waals surface area contributed by atoms with Gasteiger partial charge in [0.15, 0.2) is 0 Å². The van der Waals surface area contributed by atoms with Gasteiger partial charge in [-0.05, 0) is 44.4 Å². The van der Waals surface area contributed by atoms with Crippen LogP contribution in [0.1, 0.15) is 32.6 Å². The summed E-state index contributed by atoms with van der Waals surface area (Å²) in [5, 5.41) is 0. The van der Waals surface area contributed by atoms with Gasteiger partial charge in [0.2, 0.25) is 0 Å². The monoisotopic (exact) mass is 174 g/mol. The van der Waals surface area contributed by atoms with Crippen LogP contribution >= 0.6 is 0 Å². The van der Waals surface area contributed by atoms with Crippen LogP contribution in [0.25, 0.3) is 0 Å². The molecule has 2 atom stereocenters. The fourth-order valence-corrected chi connectivity index (χ4v) is 2.43. The van der Waals surface area contributed by atoms with E-state index in [0.717, 1.165) is 11.8 Å². The Morgan fingerprint density at radius 1 is 1.31 bits per heavy atom. The second-order valence-corrected chi connectivity index (χ2v) is 4.33. The van der Waals surface area contributed by atoms with E-state index in [4.69, 9.17) is 0 Å². The third-order valence-corrected chi connectivity index (χ3v) is 3.10. The average Bonchev–Trinajstić information content (AvgIpc) is 2.58. The van der Waals surface area contributed by atoms with Crippen LogP contribution in [0.5, 0.6) is 0 Å². The van der Waals surface area contributed by atoms with Crippen molar-refractivity contribution in [3.8, 4) is 0 Å². The lowest BCUT2D eigenvalue weighted by molar-refractivity contribution is 0.605. The molecule has 0 bridgehead atoms. The largest absolute Gasteiger partial charge is 0.0961 e. The molecule has 0 saturated heterocycles. The van der Waals surface area contributed by atoms with Crippen LogP contribution in [-0.4, -0.2) is 0 Å². The summed E-state index contributed by atoms with van der Waals surface area (Å²) in [5.74, 6) is 1.81. The molecular formula is C13H18. The van der Waals surface area contributed by atoms with E-state index in [-0.39, 0.29) is 0 Å². The Morgan fingerprint density at radius 3 is 2.31 bits per heavy atom. The summed E-state index contributed by atoms with van der Waals surface area (Å²) < 4.78 is 0. The molecule has 70 valence electrons. The zero-order valence-corrected chi connectivity index (χ0v) is 8.42. The lowest BCUT2D eigenvalue weighted by atomic mass is 10.1. The Hall–Kier alpha value is -0.780. The summed E-state index contributed by atoms with van der Waals surface area (Å²) in [6, 6.07) is 0. The predicted octanol–water partition coefficient (Wildman–Crippen LogP) is 3.87. The van der Waals surface area contributed by atoms with Crippen molar-refractivity contribution in [3.63, 3.8) is 0 Å². The van der Waals surface area contributed by atoms with Crippen LogP contribution in [-0.2, 0) is 0 Å². The fourth-order valence-electron chi connectivity index (χ4n) is 2.43. The molecule has 2 aliphatic carbocycles. The standard InChI is InChI=1S/C13H18/c1-10(2)9-13-11-7-5-3-4-6-8-12(11)13/h3-4,9,11-12H,1,5-8H2,2H3/b4-3-,13-9?. The minimum absolute atomic E-state index is 0.904. The van der Waals surface area contributed by atoms with Crippen molar-refractivity contribution in [1.29, 1.82) is 0 Å². The van der Waals surface area contributed by atoms with E-state index in [1.54, 1.807) is 5.57 Å². The van der Waals surface area contributed by atoms with Crippen molar-refractivity contribution in [2.75, 3.05) is 0 Å². The first-order chi connectivity index (χ1) is 6.29. The first-order valence-electron chi connectivity index (χ1n) is 5.31. The summed E-state index contributed by atoms with van der Waals surface area (Å²) in [5.41, 5.74) is 2.89. The van der Waals surface area contributed by atoms with Gasteiger partial charge in [-0.25, -0.2) is 0 Å². The molecule has 0 amide bonds. The molecule has 0 heterocycles. The van der Waals surface area contributed by atoms with E-state index >= 15 is 0 Å². The van der Waals surface area contributed by atoms with Gasteiger partial charge in [-0.15, -0.1) is 0 Å². The molecule has 0 spiro atoms. The molecule has 0 aromatic carbocycles. The van der Waals surface area contributed by atoms with Crippen molar-refractivity contribution < 1.29 is 0 Å². The van der Waals surface area contributed by atoms with Crippen LogP contribution in [0.4, 0.5) is 0 Å². The number of allylic oxidation sites excluding steroid dienone is 5. The number of hydrogen-bond donors (Lipinski definition) is 0. The highest BCUT2D eigenvalue weighted by Gasteiger charge is 2.41. The van der Waals surface area contributed by atoms with E-state index in [0.29, 0.717) is 0 Å². The van der Waals surface area contributed by atoms with Gasteiger partial charge in [0.25, 0.3) is 0 Å². The molecule has 2 unspecified atom stereocenters. The number of hydrogen-bond acceptors (Lipinski definition) is 0. The highest BCUT2D eigenvalue weighted by atomic mass is 14.5. The van der Waals surface area contributed by atoms with Crippen molar-refractivity contribution >= 4 is 0 Å². The topological polar surface area (TPSA) is 0 Å². The molecule has 13 heavy (non-hydrogen) atoms. The van der Waals surface area contributed by atoms with Gasteiger partial charge in [-0.2, -0.15) is 0 Å². The minimum atomic E-state index is 0.904. The maximum atomic E-state index is 3.95. The molecule has 0 heteroatoms. The molecule has 1 saturated carbocycles. The van der Waals surface area contributed by atoms with Gasteiger partial charge >= 0.3 is 0 Å². The van der Waals surface area contributed by atoms with E-state index < -0.39 is 0 Å². The van der Waals surface area contributed by atoms with Crippen molar-refractivity contribution in [1.82, 2.24) is 0 Å². The second kappa shape index (κ2) is 3.53. The third-order valence-electron chi connectivity index (χ3n) is 3.10. The maximum Gasteiger partial charge on any atom is -0.0128 e. The number of fused-ring (bicyclic) bond motifs is 1. The van der Waals surface area contributed by atoms with Gasteiger partial charge < -0.3 is 0 Å². The molecule has 1 fully saturated rings. The normalized spacial score (nSPS) is 34.1. The summed E-state index contributed by atoms with van der Waals surface area (Å²) in [6.07, 6.45) is 12.3. The molecule has 2 rings (SSSR count). The highest BCUT2D eigenvalue weighted by Crippen LogP contribution is 2.52. The SMILES string of the molecule is C=C(C)C=C1C2CC/C=C\CCC12. The Balaban J connectivity index is 2.03. The molecule has 2 aliphatic rings. The van der Waals surface area contributed by atoms with Crippen LogP contribution in [0.15, 0.2) is 36.0 Å². The molecule has 0 aromatic rings. The third kappa shape index (κ3) is 1.93. The minimum Gasteiger partial charge on any atom is -0.0961 e. The summed E-state index contributed by atoms with van der Waals surface area (Å²) in [4.78, 5) is 0. The highest BCUT2D eigenvalue weighted by molar-refractivity contribution is 5.36. The van der Waals surface area contributed by atoms with Gasteiger partial charge in [-0.1, -0.05) is 36.0 Å². The van der Waals surface area contributed by atoms with Gasteiger partial charge in [0.1, 0.15) is 0 Å². The Bertz CT molecular complexity index is 250. The molecule has 0 nitrogen and oxygen atoms in total. The van der Waals surface area contributed by atoms with Gasteiger partial charge in [0.05, 0.1) is 0 Å². The van der Waals surface area contributed by atoms with Crippen LogP contribution < -0.4 is 0 Å². The van der Waals surface area contributed by atoms with Crippen LogP contribution in [0.3, 0.4) is 0 Å². The zero-order valence-electron chi connectivity index (χ0n) is 8.42. The van der Waals surface area contributed by atoms with Crippen molar-refractivity contribution in [2.24, 2.45) is 11.8 Å². The van der Waals surface area contributed by atoms with Gasteiger partial charge in [0, 0.05) is 0 Å². The molecular weight excluding hydrogens is 156 g/mol. The number of rotatable bonds is 1. The Labute approximate surface area is 81.0 Å². The summed E-state index contributed by atoms with van der Waals surface area (Å²) in [6.45, 7) is 6.04. The van der Waals surface area contributed by atoms with Crippen molar-refractivity contribution in [3.05, 3.63) is 36.0 Å². The van der Waals surface area contributed by atoms with E-state index in [2.05, 4.69) is 31.7 Å². The first kappa shape index (κ1) is 8.80. The lowest BCUT2D eigenvalue weighted by Crippen LogP contribution is -1.85. The predicted molar refractivity (Wildman–Crippen MR) is 57.5 cm³/mol. The van der Waals surface area contributed by atoms with E-state index in [1.165, 1.54) is 31.3 Å². The maximum absolute atomic E-state index is 3.95. The van der Waals surface area contributed by atoms with Crippen molar-refractivity contribution in [2.45, 2.75) is 32.6 Å². The zero-order chi connectivity index (χ0) is 9.26. The molecule has 0 aromatic heterocycles. The molecule has 0 N–H and O–H groups in total. The summed E-state index contributed by atoms with van der Waals surface area (Å²) in [7, 11) is 0. The van der Waals surface area contributed by atoms with E-state index in [1.807, 2.05) is 0 Å². The Kier molecular flexibility index (Phi) is 2.39. The lowest BCUT2D eigenvalue weighted by Gasteiger charge is -1.98. The quantitative estimate of drug-likeness (QED) is 0.529. The van der Waals surface area contributed by atoms with E-state index in [9.17, 15) is 0 Å². The first-order valence-corrected chi connectivity index (χ1v) is 5.31. The van der Waals surface area contributed by atoms with Crippen LogP contribution in [0.2, 0.25) is 0 Å². The van der Waals surface area contributed by atoms with Gasteiger partial charge in [-0.3, -0.25) is 0 Å². The average molecular weight is 174 g/mol. The fraction of sp³-hybridized carbons (Fsp3) is 0.538. The molecule has 0 aliphatic heterocycles. The molecule has 0 radical (unpaired) electrons. The Morgan fingerprint density at radius 2 is 1.85 bits per heavy atom. The summed E-state index contributed by atoms with van der Waals surface area (Å²) >= 11 is 0. The smallest absolute Gasteiger partial charge is 0.0128 e.